The number of alkyl halides is 1. The van der Waals surface area contributed by atoms with Crippen LogP contribution in [0.2, 0.25) is 0 Å². The first-order valence-electron chi connectivity index (χ1n) is 6.16. The Bertz CT molecular complexity index is 690. The summed E-state index contributed by atoms with van der Waals surface area (Å²) in [7, 11) is 2.89. The van der Waals surface area contributed by atoms with Gasteiger partial charge >= 0.3 is 0 Å². The minimum atomic E-state index is -3.31. The smallest absolute Gasteiger partial charge is 0.212 e. The second-order valence-electron chi connectivity index (χ2n) is 5.69. The Balaban J connectivity index is 2.59. The van der Waals surface area contributed by atoms with E-state index in [1.54, 1.807) is 18.2 Å². The van der Waals surface area contributed by atoms with Gasteiger partial charge in [-0.2, -0.15) is 0 Å². The molecule has 0 amide bonds. The number of aliphatic imine (C=N–C) groups is 1. The van der Waals surface area contributed by atoms with Crippen LogP contribution < -0.4 is 0 Å². The normalized spacial score (nSPS) is 21.8. The zero-order chi connectivity index (χ0) is 15.2. The molecule has 1 aliphatic rings. The average Bonchev–Trinajstić information content (AvgIpc) is 2.67. The highest BCUT2D eigenvalue weighted by Gasteiger charge is 2.46. The Morgan fingerprint density at radius 3 is 2.60 bits per heavy atom. The van der Waals surface area contributed by atoms with Gasteiger partial charge in [0.1, 0.15) is 0 Å². The molecule has 0 saturated heterocycles. The Kier molecular flexibility index (Phi) is 3.85. The summed E-state index contributed by atoms with van der Waals surface area (Å²) in [5, 5.41) is 0. The van der Waals surface area contributed by atoms with E-state index in [-0.39, 0.29) is 9.30 Å². The minimum absolute atomic E-state index is 0.0503. The van der Waals surface area contributed by atoms with E-state index in [0.29, 0.717) is 9.38 Å². The Labute approximate surface area is 133 Å². The lowest BCUT2D eigenvalue weighted by molar-refractivity contribution is -0.895. The minimum Gasteiger partial charge on any atom is -0.309 e. The number of nitrogens with zero attached hydrogens (tertiary/aromatic N) is 2. The third-order valence-corrected chi connectivity index (χ3v) is 7.35. The lowest BCUT2D eigenvalue weighted by Gasteiger charge is -2.38. The van der Waals surface area contributed by atoms with E-state index in [9.17, 15) is 8.42 Å². The van der Waals surface area contributed by atoms with Gasteiger partial charge < -0.3 is 4.48 Å². The average molecular weight is 405 g/mol. The number of halogens is 1. The fourth-order valence-electron chi connectivity index (χ4n) is 2.11. The lowest BCUT2D eigenvalue weighted by atomic mass is 10.1. The summed E-state index contributed by atoms with van der Waals surface area (Å²) in [5.41, 5.74) is 1.78. The maximum Gasteiger partial charge on any atom is 0.212 e. The molecule has 1 unspecified atom stereocenters. The molecule has 0 N–H and O–H groups in total. The molecule has 0 saturated carbocycles. The molecule has 0 bridgehead atoms. The van der Waals surface area contributed by atoms with E-state index in [0.717, 1.165) is 11.3 Å². The first kappa shape index (κ1) is 15.7. The molecule has 0 spiro atoms. The summed E-state index contributed by atoms with van der Waals surface area (Å²) in [5.74, 6) is -0.0503. The van der Waals surface area contributed by atoms with E-state index in [1.165, 1.54) is 6.08 Å². The highest BCUT2D eigenvalue weighted by Crippen LogP contribution is 2.46. The maximum atomic E-state index is 12.2. The molecule has 4 nitrogen and oxygen atoms in total. The number of benzene rings is 1. The van der Waals surface area contributed by atoms with Gasteiger partial charge in [0, 0.05) is 22.6 Å². The van der Waals surface area contributed by atoms with Crippen LogP contribution in [0.5, 0.6) is 0 Å². The van der Waals surface area contributed by atoms with Crippen molar-refractivity contribution in [3.63, 3.8) is 0 Å². The summed E-state index contributed by atoms with van der Waals surface area (Å²) in [4.78, 5) is 4.75. The van der Waals surface area contributed by atoms with Gasteiger partial charge in [0.15, 0.2) is 9.84 Å². The van der Waals surface area contributed by atoms with E-state index < -0.39 is 9.84 Å². The van der Waals surface area contributed by atoms with Crippen molar-refractivity contribution in [1.29, 1.82) is 0 Å². The molecular formula is C14H18IN2O2S+. The first-order chi connectivity index (χ1) is 9.12. The largest absolute Gasteiger partial charge is 0.309 e. The van der Waals surface area contributed by atoms with Crippen molar-refractivity contribution in [2.24, 2.45) is 4.99 Å². The third kappa shape index (κ3) is 2.44. The van der Waals surface area contributed by atoms with E-state index in [1.807, 2.05) is 6.21 Å². The van der Waals surface area contributed by atoms with Crippen molar-refractivity contribution in [1.82, 2.24) is 0 Å². The van der Waals surface area contributed by atoms with Crippen molar-refractivity contribution < 1.29 is 12.9 Å². The summed E-state index contributed by atoms with van der Waals surface area (Å²) >= 11 is 2.34. The molecule has 0 aliphatic carbocycles. The van der Waals surface area contributed by atoms with Crippen LogP contribution in [-0.4, -0.2) is 46.0 Å². The topological polar surface area (TPSA) is 46.5 Å². The molecule has 1 aromatic rings. The predicted molar refractivity (Wildman–Crippen MR) is 90.6 cm³/mol. The quantitative estimate of drug-likeness (QED) is 0.254. The number of hydrogen-bond donors (Lipinski definition) is 0. The molecule has 0 aromatic heterocycles. The number of rotatable bonds is 4. The Morgan fingerprint density at radius 1 is 1.40 bits per heavy atom. The lowest BCUT2D eigenvalue weighted by Crippen LogP contribution is -2.50. The van der Waals surface area contributed by atoms with Crippen LogP contribution in [0.15, 0.2) is 40.7 Å². The molecule has 1 aliphatic heterocycles. The SMILES string of the molecule is C=CCS(=O)(=O)c1ccc2c(c1)C(I)([N+](C)(C)C)C=N2. The number of hydrogen-bond acceptors (Lipinski definition) is 3. The van der Waals surface area contributed by atoms with Crippen molar-refractivity contribution >= 4 is 44.3 Å². The van der Waals surface area contributed by atoms with Gasteiger partial charge in [0.05, 0.1) is 49.3 Å². The zero-order valence-electron chi connectivity index (χ0n) is 11.8. The number of fused-ring (bicyclic) bond motifs is 1. The first-order valence-corrected chi connectivity index (χ1v) is 8.89. The van der Waals surface area contributed by atoms with E-state index >= 15 is 0 Å². The summed E-state index contributed by atoms with van der Waals surface area (Å²) in [6.45, 7) is 3.50. The Hall–Kier alpha value is -0.730. The van der Waals surface area contributed by atoms with Gasteiger partial charge in [-0.25, -0.2) is 8.42 Å². The van der Waals surface area contributed by atoms with Crippen molar-refractivity contribution in [2.75, 3.05) is 26.9 Å². The molecule has 1 aromatic carbocycles. The zero-order valence-corrected chi connectivity index (χ0v) is 14.8. The van der Waals surface area contributed by atoms with Crippen LogP contribution in [0.4, 0.5) is 5.69 Å². The van der Waals surface area contributed by atoms with Crippen LogP contribution >= 0.6 is 22.6 Å². The van der Waals surface area contributed by atoms with Gasteiger partial charge in [0.2, 0.25) is 3.55 Å². The third-order valence-electron chi connectivity index (χ3n) is 3.39. The molecule has 0 radical (unpaired) electrons. The second kappa shape index (κ2) is 4.92. The van der Waals surface area contributed by atoms with Gasteiger partial charge in [-0.15, -0.1) is 6.58 Å². The molecule has 6 heteroatoms. The van der Waals surface area contributed by atoms with Gasteiger partial charge in [-0.3, -0.25) is 4.99 Å². The molecule has 2 rings (SSSR count). The van der Waals surface area contributed by atoms with Gasteiger partial charge in [0.25, 0.3) is 0 Å². The Morgan fingerprint density at radius 2 is 2.05 bits per heavy atom. The van der Waals surface area contributed by atoms with Crippen molar-refractivity contribution in [2.45, 2.75) is 8.44 Å². The van der Waals surface area contributed by atoms with Crippen LogP contribution in [0, 0.1) is 0 Å². The highest BCUT2D eigenvalue weighted by atomic mass is 127. The highest BCUT2D eigenvalue weighted by molar-refractivity contribution is 14.1. The van der Waals surface area contributed by atoms with Crippen LogP contribution in [-0.2, 0) is 13.4 Å². The molecule has 0 fully saturated rings. The second-order valence-corrected chi connectivity index (χ2v) is 9.37. The van der Waals surface area contributed by atoms with Crippen LogP contribution in [0.3, 0.4) is 0 Å². The van der Waals surface area contributed by atoms with E-state index in [4.69, 9.17) is 0 Å². The van der Waals surface area contributed by atoms with Crippen LogP contribution in [0.1, 0.15) is 5.56 Å². The number of quaternary nitrogens is 1. The molecule has 20 heavy (non-hydrogen) atoms. The summed E-state index contributed by atoms with van der Waals surface area (Å²) in [6.07, 6.45) is 3.30. The molecule has 108 valence electrons. The van der Waals surface area contributed by atoms with Crippen molar-refractivity contribution in [3.8, 4) is 0 Å². The van der Waals surface area contributed by atoms with E-state index in [2.05, 4.69) is 55.3 Å². The maximum absolute atomic E-state index is 12.2. The standard InChI is InChI=1S/C14H18IN2O2S/c1-5-8-20(18,19)11-6-7-13-12(9-11)14(15,10-16-13)17(2,3)4/h5-7,9-10H,1,8H2,2-4H3/q+1. The predicted octanol–water partition coefficient (Wildman–Crippen LogP) is 2.66. The van der Waals surface area contributed by atoms with Crippen molar-refractivity contribution in [3.05, 3.63) is 36.4 Å². The number of sulfone groups is 1. The van der Waals surface area contributed by atoms with Gasteiger partial charge in [-0.1, -0.05) is 6.08 Å². The van der Waals surface area contributed by atoms with Gasteiger partial charge in [-0.05, 0) is 18.2 Å². The fourth-order valence-corrected chi connectivity index (χ4v) is 3.76. The summed E-state index contributed by atoms with van der Waals surface area (Å²) in [6, 6.07) is 5.14. The van der Waals surface area contributed by atoms with Crippen LogP contribution in [0.25, 0.3) is 0 Å². The monoisotopic (exact) mass is 405 g/mol. The molecule has 1 heterocycles. The molecular weight excluding hydrogens is 387 g/mol. The summed E-state index contributed by atoms with van der Waals surface area (Å²) < 4.78 is 24.6. The fraction of sp³-hybridized carbons (Fsp3) is 0.357. The molecule has 1 atom stereocenters.